The number of imidazole rings is 1. The molecule has 19 heavy (non-hydrogen) atoms. The van der Waals surface area contributed by atoms with Crippen molar-refractivity contribution in [2.24, 2.45) is 0 Å². The van der Waals surface area contributed by atoms with E-state index in [1.807, 2.05) is 23.8 Å². The molecule has 0 saturated heterocycles. The van der Waals surface area contributed by atoms with Crippen LogP contribution in [-0.2, 0) is 6.42 Å². The standard InChI is InChI=1S/C14H18N4O/c1-4-13-16-7-8-18(13)12-6-5-10(9-11(12)15)14(19)17(2)3/h5-9H,4,15H2,1-3H3. The Kier molecular flexibility index (Phi) is 3.55. The lowest BCUT2D eigenvalue weighted by molar-refractivity contribution is 0.0827. The second-order valence-corrected chi connectivity index (χ2v) is 4.54. The molecule has 5 heteroatoms. The summed E-state index contributed by atoms with van der Waals surface area (Å²) < 4.78 is 1.94. The largest absolute Gasteiger partial charge is 0.397 e. The van der Waals surface area contributed by atoms with Crippen LogP contribution in [0.1, 0.15) is 23.1 Å². The Hall–Kier alpha value is -2.30. The van der Waals surface area contributed by atoms with E-state index in [9.17, 15) is 4.79 Å². The number of nitrogen functional groups attached to an aromatic ring is 1. The molecule has 1 aromatic carbocycles. The summed E-state index contributed by atoms with van der Waals surface area (Å²) in [5, 5.41) is 0. The number of carbonyl (C=O) groups excluding carboxylic acids is 1. The second kappa shape index (κ2) is 5.14. The van der Waals surface area contributed by atoms with Gasteiger partial charge in [-0.25, -0.2) is 4.98 Å². The highest BCUT2D eigenvalue weighted by atomic mass is 16.2. The highest BCUT2D eigenvalue weighted by Gasteiger charge is 2.12. The molecule has 0 spiro atoms. The van der Waals surface area contributed by atoms with Crippen LogP contribution in [0.3, 0.4) is 0 Å². The lowest BCUT2D eigenvalue weighted by atomic mass is 10.1. The zero-order valence-electron chi connectivity index (χ0n) is 11.4. The average Bonchev–Trinajstić information content (AvgIpc) is 2.85. The molecule has 0 saturated carbocycles. The molecule has 2 rings (SSSR count). The molecule has 0 fully saturated rings. The van der Waals surface area contributed by atoms with Crippen LogP contribution in [-0.4, -0.2) is 34.5 Å². The SMILES string of the molecule is CCc1nccn1-c1ccc(C(=O)N(C)C)cc1N. The number of hydrogen-bond acceptors (Lipinski definition) is 3. The van der Waals surface area contributed by atoms with Gasteiger partial charge < -0.3 is 15.2 Å². The molecule has 0 aliphatic carbocycles. The van der Waals surface area contributed by atoms with Gasteiger partial charge in [-0.05, 0) is 18.2 Å². The predicted molar refractivity (Wildman–Crippen MR) is 75.4 cm³/mol. The molecular weight excluding hydrogens is 240 g/mol. The fraction of sp³-hybridized carbons (Fsp3) is 0.286. The first-order valence-corrected chi connectivity index (χ1v) is 6.18. The molecule has 1 aromatic heterocycles. The summed E-state index contributed by atoms with van der Waals surface area (Å²) in [6.45, 7) is 2.04. The molecule has 100 valence electrons. The van der Waals surface area contributed by atoms with Crippen molar-refractivity contribution >= 4 is 11.6 Å². The minimum absolute atomic E-state index is 0.0559. The van der Waals surface area contributed by atoms with Crippen molar-refractivity contribution in [1.29, 1.82) is 0 Å². The van der Waals surface area contributed by atoms with Gasteiger partial charge in [-0.2, -0.15) is 0 Å². The first-order chi connectivity index (χ1) is 9.04. The summed E-state index contributed by atoms with van der Waals surface area (Å²) in [6.07, 6.45) is 4.44. The van der Waals surface area contributed by atoms with E-state index in [2.05, 4.69) is 4.98 Å². The van der Waals surface area contributed by atoms with Crippen LogP contribution in [0.15, 0.2) is 30.6 Å². The third-order valence-electron chi connectivity index (χ3n) is 2.97. The van der Waals surface area contributed by atoms with Crippen LogP contribution in [0.4, 0.5) is 5.69 Å². The second-order valence-electron chi connectivity index (χ2n) is 4.54. The van der Waals surface area contributed by atoms with E-state index in [0.717, 1.165) is 17.9 Å². The van der Waals surface area contributed by atoms with Gasteiger partial charge in [0.1, 0.15) is 5.82 Å². The number of aromatic nitrogens is 2. The number of hydrogen-bond donors (Lipinski definition) is 1. The van der Waals surface area contributed by atoms with E-state index >= 15 is 0 Å². The number of benzene rings is 1. The van der Waals surface area contributed by atoms with Crippen LogP contribution in [0.2, 0.25) is 0 Å². The van der Waals surface area contributed by atoms with Gasteiger partial charge in [0.2, 0.25) is 0 Å². The maximum Gasteiger partial charge on any atom is 0.253 e. The molecule has 0 radical (unpaired) electrons. The monoisotopic (exact) mass is 258 g/mol. The molecular formula is C14H18N4O. The minimum atomic E-state index is -0.0559. The van der Waals surface area contributed by atoms with Gasteiger partial charge in [0.05, 0.1) is 11.4 Å². The predicted octanol–water partition coefficient (Wildman–Crippen LogP) is 1.72. The molecule has 0 bridgehead atoms. The first-order valence-electron chi connectivity index (χ1n) is 6.18. The van der Waals surface area contributed by atoms with E-state index in [1.165, 1.54) is 4.90 Å². The number of nitrogens with two attached hydrogens (primary N) is 1. The summed E-state index contributed by atoms with van der Waals surface area (Å²) in [4.78, 5) is 17.7. The maximum absolute atomic E-state index is 11.9. The molecule has 1 heterocycles. The highest BCUT2D eigenvalue weighted by Crippen LogP contribution is 2.21. The Bertz CT molecular complexity index is 601. The van der Waals surface area contributed by atoms with Gasteiger partial charge in [-0.15, -0.1) is 0 Å². The Labute approximate surface area is 112 Å². The number of anilines is 1. The van der Waals surface area contributed by atoms with Crippen molar-refractivity contribution in [3.8, 4) is 5.69 Å². The van der Waals surface area contributed by atoms with Crippen LogP contribution < -0.4 is 5.73 Å². The van der Waals surface area contributed by atoms with Crippen molar-refractivity contribution in [1.82, 2.24) is 14.5 Å². The van der Waals surface area contributed by atoms with Gasteiger partial charge in [-0.1, -0.05) is 6.92 Å². The smallest absolute Gasteiger partial charge is 0.253 e. The lowest BCUT2D eigenvalue weighted by Crippen LogP contribution is -2.21. The fourth-order valence-corrected chi connectivity index (χ4v) is 1.98. The third-order valence-corrected chi connectivity index (χ3v) is 2.97. The van der Waals surface area contributed by atoms with E-state index in [-0.39, 0.29) is 5.91 Å². The maximum atomic E-state index is 11.9. The summed E-state index contributed by atoms with van der Waals surface area (Å²) in [7, 11) is 3.44. The van der Waals surface area contributed by atoms with Crippen LogP contribution in [0.5, 0.6) is 0 Å². The van der Waals surface area contributed by atoms with Crippen LogP contribution in [0.25, 0.3) is 5.69 Å². The minimum Gasteiger partial charge on any atom is -0.397 e. The van der Waals surface area contributed by atoms with Crippen molar-refractivity contribution < 1.29 is 4.79 Å². The summed E-state index contributed by atoms with van der Waals surface area (Å²) >= 11 is 0. The van der Waals surface area contributed by atoms with Gasteiger partial charge in [0.25, 0.3) is 5.91 Å². The zero-order chi connectivity index (χ0) is 14.0. The normalized spacial score (nSPS) is 10.5. The van der Waals surface area contributed by atoms with Crippen LogP contribution >= 0.6 is 0 Å². The van der Waals surface area contributed by atoms with Crippen molar-refractivity contribution in [2.45, 2.75) is 13.3 Å². The van der Waals surface area contributed by atoms with Gasteiger partial charge in [-0.3, -0.25) is 4.79 Å². The quantitative estimate of drug-likeness (QED) is 0.852. The van der Waals surface area contributed by atoms with Crippen LogP contribution in [0, 0.1) is 0 Å². The van der Waals surface area contributed by atoms with E-state index in [4.69, 9.17) is 5.73 Å². The Morgan fingerprint density at radius 2 is 2.16 bits per heavy atom. The zero-order valence-corrected chi connectivity index (χ0v) is 11.4. The summed E-state index contributed by atoms with van der Waals surface area (Å²) in [5.74, 6) is 0.887. The average molecular weight is 258 g/mol. The third kappa shape index (κ3) is 2.45. The molecule has 2 N–H and O–H groups in total. The fourth-order valence-electron chi connectivity index (χ4n) is 1.98. The van der Waals surface area contributed by atoms with Gasteiger partial charge in [0.15, 0.2) is 0 Å². The topological polar surface area (TPSA) is 64.2 Å². The van der Waals surface area contributed by atoms with Gasteiger partial charge >= 0.3 is 0 Å². The molecule has 0 aliphatic heterocycles. The molecule has 1 amide bonds. The summed E-state index contributed by atoms with van der Waals surface area (Å²) in [6, 6.07) is 5.34. The molecule has 0 atom stereocenters. The lowest BCUT2D eigenvalue weighted by Gasteiger charge is -2.13. The van der Waals surface area contributed by atoms with Crippen molar-refractivity contribution in [3.63, 3.8) is 0 Å². The Morgan fingerprint density at radius 3 is 2.74 bits per heavy atom. The number of nitrogens with zero attached hydrogens (tertiary/aromatic N) is 3. The van der Waals surface area contributed by atoms with E-state index < -0.39 is 0 Å². The number of amides is 1. The van der Waals surface area contributed by atoms with E-state index in [1.54, 1.807) is 32.4 Å². The molecule has 0 aliphatic rings. The molecule has 5 nitrogen and oxygen atoms in total. The first kappa shape index (κ1) is 13.1. The Balaban J connectivity index is 2.43. The number of aryl methyl sites for hydroxylation is 1. The molecule has 0 unspecified atom stereocenters. The number of rotatable bonds is 3. The van der Waals surface area contributed by atoms with Gasteiger partial charge in [0, 0.05) is 38.5 Å². The summed E-state index contributed by atoms with van der Waals surface area (Å²) in [5.41, 5.74) is 8.06. The van der Waals surface area contributed by atoms with E-state index in [0.29, 0.717) is 11.3 Å². The number of carbonyl (C=O) groups is 1. The highest BCUT2D eigenvalue weighted by molar-refractivity contribution is 5.95. The van der Waals surface area contributed by atoms with Crippen molar-refractivity contribution in [2.75, 3.05) is 19.8 Å². The Morgan fingerprint density at radius 1 is 1.42 bits per heavy atom. The van der Waals surface area contributed by atoms with Crippen molar-refractivity contribution in [3.05, 3.63) is 42.0 Å². The molecule has 2 aromatic rings.